The van der Waals surface area contributed by atoms with Gasteiger partial charge < -0.3 is 24.4 Å². The van der Waals surface area contributed by atoms with E-state index in [2.05, 4.69) is 32.0 Å². The average molecular weight is 641 g/mol. The number of carbonyl (C=O) groups is 2. The van der Waals surface area contributed by atoms with Gasteiger partial charge in [0.2, 0.25) is 0 Å². The van der Waals surface area contributed by atoms with E-state index in [1.165, 1.54) is 0 Å². The van der Waals surface area contributed by atoms with Gasteiger partial charge in [0.05, 0.1) is 17.4 Å². The number of piperidine rings is 2. The molecule has 0 bridgehead atoms. The highest BCUT2D eigenvalue weighted by molar-refractivity contribution is 5.84. The molecule has 4 aromatic rings. The first-order valence-electron chi connectivity index (χ1n) is 16.9. The quantitative estimate of drug-likeness (QED) is 0.318. The van der Waals surface area contributed by atoms with Crippen LogP contribution in [0.15, 0.2) is 65.7 Å². The van der Waals surface area contributed by atoms with Gasteiger partial charge in [0.25, 0.3) is 5.91 Å². The third-order valence-corrected chi connectivity index (χ3v) is 10.2. The van der Waals surface area contributed by atoms with Crippen molar-refractivity contribution in [3.05, 3.63) is 77.0 Å². The zero-order chi connectivity index (χ0) is 32.3. The molecule has 3 saturated heterocycles. The summed E-state index contributed by atoms with van der Waals surface area (Å²) in [6.45, 7) is 6.49. The number of rotatable bonds is 7. The Hall–Kier alpha value is -4.42. The lowest BCUT2D eigenvalue weighted by Crippen LogP contribution is -2.54. The molecular weight excluding hydrogens is 596 g/mol. The van der Waals surface area contributed by atoms with Crippen LogP contribution in [0.5, 0.6) is 0 Å². The average Bonchev–Trinajstić information content (AvgIpc) is 3.75. The van der Waals surface area contributed by atoms with Crippen LogP contribution < -0.4 is 5.69 Å². The van der Waals surface area contributed by atoms with Gasteiger partial charge in [0.1, 0.15) is 0 Å². The number of carbonyl (C=O) groups excluding carboxylic acids is 2. The van der Waals surface area contributed by atoms with Crippen LogP contribution in [0.1, 0.15) is 37.3 Å². The van der Waals surface area contributed by atoms with Gasteiger partial charge in [-0.1, -0.05) is 36.4 Å². The SMILES string of the molecule is CN1CCN(C2CCN(C(=O)C(Cc3ccc4[nH]ncc4c3)OC(=O)N3CCC(n4cc(-c5ccccc5)[nH]c4=O)CC3)CC2)CC1. The fourth-order valence-electron chi connectivity index (χ4n) is 7.32. The van der Waals surface area contributed by atoms with Gasteiger partial charge in [-0.05, 0) is 56.0 Å². The first-order chi connectivity index (χ1) is 22.9. The van der Waals surface area contributed by atoms with Crippen LogP contribution in [-0.4, -0.2) is 123 Å². The van der Waals surface area contributed by atoms with Crippen molar-refractivity contribution in [2.24, 2.45) is 0 Å². The third-order valence-electron chi connectivity index (χ3n) is 10.2. The van der Waals surface area contributed by atoms with Gasteiger partial charge in [0, 0.05) is 82.4 Å². The summed E-state index contributed by atoms with van der Waals surface area (Å²) in [5.74, 6) is -0.135. The number of amides is 2. The number of piperazine rings is 1. The number of benzene rings is 2. The molecule has 2 amide bonds. The molecular formula is C35H44N8O4. The highest BCUT2D eigenvalue weighted by Gasteiger charge is 2.35. The topological polar surface area (TPSA) is 123 Å². The largest absolute Gasteiger partial charge is 0.436 e. The summed E-state index contributed by atoms with van der Waals surface area (Å²) in [7, 11) is 2.16. The number of nitrogens with one attached hydrogen (secondary N) is 2. The molecule has 2 aromatic carbocycles. The van der Waals surface area contributed by atoms with Crippen molar-refractivity contribution < 1.29 is 14.3 Å². The van der Waals surface area contributed by atoms with Gasteiger partial charge >= 0.3 is 11.8 Å². The van der Waals surface area contributed by atoms with Crippen molar-refractivity contribution in [2.75, 3.05) is 59.4 Å². The second-order valence-corrected chi connectivity index (χ2v) is 13.2. The number of aromatic nitrogens is 4. The summed E-state index contributed by atoms with van der Waals surface area (Å²) in [4.78, 5) is 51.8. The maximum Gasteiger partial charge on any atom is 0.410 e. The van der Waals surface area contributed by atoms with E-state index >= 15 is 0 Å². The van der Waals surface area contributed by atoms with Crippen LogP contribution in [0.2, 0.25) is 0 Å². The maximum atomic E-state index is 14.0. The molecule has 2 aromatic heterocycles. The number of imidazole rings is 1. The molecule has 3 fully saturated rings. The Morgan fingerprint density at radius 1 is 0.894 bits per heavy atom. The lowest BCUT2D eigenvalue weighted by molar-refractivity contribution is -0.142. The van der Waals surface area contributed by atoms with E-state index in [4.69, 9.17) is 4.74 Å². The van der Waals surface area contributed by atoms with Crippen molar-refractivity contribution in [3.8, 4) is 11.3 Å². The van der Waals surface area contributed by atoms with Crippen LogP contribution in [0.4, 0.5) is 4.79 Å². The molecule has 1 unspecified atom stereocenters. The Morgan fingerprint density at radius 2 is 1.60 bits per heavy atom. The lowest BCUT2D eigenvalue weighted by Gasteiger charge is -2.42. The Labute approximate surface area is 274 Å². The molecule has 12 heteroatoms. The molecule has 12 nitrogen and oxygen atoms in total. The van der Waals surface area contributed by atoms with Crippen LogP contribution >= 0.6 is 0 Å². The zero-order valence-electron chi connectivity index (χ0n) is 27.0. The van der Waals surface area contributed by atoms with Crippen molar-refractivity contribution in [3.63, 3.8) is 0 Å². The van der Waals surface area contributed by atoms with Crippen LogP contribution in [0.25, 0.3) is 22.2 Å². The smallest absolute Gasteiger partial charge is 0.410 e. The monoisotopic (exact) mass is 640 g/mol. The fourth-order valence-corrected chi connectivity index (χ4v) is 7.32. The van der Waals surface area contributed by atoms with E-state index in [1.807, 2.05) is 59.6 Å². The number of ether oxygens (including phenoxy) is 1. The fraction of sp³-hybridized carbons (Fsp3) is 0.486. The number of fused-ring (bicyclic) bond motifs is 1. The van der Waals surface area contributed by atoms with Gasteiger partial charge in [-0.3, -0.25) is 19.4 Å². The number of likely N-dealkylation sites (N-methyl/N-ethyl adjacent to an activating group) is 1. The third kappa shape index (κ3) is 6.98. The van der Waals surface area contributed by atoms with E-state index < -0.39 is 12.2 Å². The van der Waals surface area contributed by atoms with Crippen molar-refractivity contribution in [1.82, 2.24) is 39.3 Å². The minimum atomic E-state index is -0.925. The molecule has 3 aliphatic rings. The van der Waals surface area contributed by atoms with Crippen LogP contribution in [0, 0.1) is 0 Å². The van der Waals surface area contributed by atoms with Crippen LogP contribution in [-0.2, 0) is 16.0 Å². The highest BCUT2D eigenvalue weighted by Crippen LogP contribution is 2.26. The van der Waals surface area contributed by atoms with Gasteiger partial charge in [-0.2, -0.15) is 5.10 Å². The normalized spacial score (nSPS) is 19.7. The first-order valence-corrected chi connectivity index (χ1v) is 16.9. The molecule has 3 aliphatic heterocycles. The molecule has 0 saturated carbocycles. The Bertz CT molecular complexity index is 1720. The molecule has 0 aliphatic carbocycles. The summed E-state index contributed by atoms with van der Waals surface area (Å²) in [6, 6.07) is 16.1. The summed E-state index contributed by atoms with van der Waals surface area (Å²) >= 11 is 0. The van der Waals surface area contributed by atoms with Crippen LogP contribution in [0.3, 0.4) is 0 Å². The standard InChI is InChI=1S/C35H44N8O4/c1-39-17-19-40(20-18-39)28-9-13-41(14-10-28)33(44)32(22-25-7-8-30-27(21-25)23-36-38-30)47-35(46)42-15-11-29(12-16-42)43-24-31(37-34(43)45)26-5-3-2-4-6-26/h2-8,21,23-24,28-29,32H,9-20,22H2,1H3,(H,36,38)(H,37,45). The molecule has 0 spiro atoms. The zero-order valence-corrected chi connectivity index (χ0v) is 27.0. The minimum Gasteiger partial charge on any atom is -0.436 e. The Balaban J connectivity index is 1.000. The predicted octanol–water partition coefficient (Wildman–Crippen LogP) is 3.34. The van der Waals surface area contributed by atoms with Gasteiger partial charge in [-0.15, -0.1) is 0 Å². The molecule has 2 N–H and O–H groups in total. The first kappa shape index (κ1) is 31.2. The second kappa shape index (κ2) is 13.7. The summed E-state index contributed by atoms with van der Waals surface area (Å²) in [5.41, 5.74) is 3.41. The lowest BCUT2D eigenvalue weighted by atomic mass is 10.00. The van der Waals surface area contributed by atoms with Gasteiger partial charge in [0.15, 0.2) is 6.10 Å². The number of likely N-dealkylation sites (tertiary alicyclic amines) is 2. The predicted molar refractivity (Wildman–Crippen MR) is 179 cm³/mol. The molecule has 47 heavy (non-hydrogen) atoms. The van der Waals surface area contributed by atoms with E-state index in [1.54, 1.807) is 15.7 Å². The number of hydrogen-bond donors (Lipinski definition) is 2. The van der Waals surface area contributed by atoms with Crippen molar-refractivity contribution in [2.45, 2.75) is 50.3 Å². The van der Waals surface area contributed by atoms with E-state index in [-0.39, 0.29) is 17.6 Å². The second-order valence-electron chi connectivity index (χ2n) is 13.2. The van der Waals surface area contributed by atoms with E-state index in [0.29, 0.717) is 51.5 Å². The number of aromatic amines is 2. The molecule has 248 valence electrons. The maximum absolute atomic E-state index is 14.0. The Morgan fingerprint density at radius 3 is 2.34 bits per heavy atom. The summed E-state index contributed by atoms with van der Waals surface area (Å²) < 4.78 is 7.81. The summed E-state index contributed by atoms with van der Waals surface area (Å²) in [5, 5.41) is 8.03. The number of hydrogen-bond acceptors (Lipinski definition) is 7. The van der Waals surface area contributed by atoms with E-state index in [9.17, 15) is 14.4 Å². The molecule has 0 radical (unpaired) electrons. The van der Waals surface area contributed by atoms with Gasteiger partial charge in [-0.25, -0.2) is 9.59 Å². The molecule has 5 heterocycles. The number of nitrogens with zero attached hydrogens (tertiary/aromatic N) is 6. The van der Waals surface area contributed by atoms with Crippen molar-refractivity contribution >= 4 is 22.9 Å². The highest BCUT2D eigenvalue weighted by atomic mass is 16.6. The summed E-state index contributed by atoms with van der Waals surface area (Å²) in [6.07, 6.45) is 5.61. The molecule has 1 atom stereocenters. The van der Waals surface area contributed by atoms with E-state index in [0.717, 1.165) is 66.7 Å². The Kier molecular flexibility index (Phi) is 9.12. The minimum absolute atomic E-state index is 0.0269. The van der Waals surface area contributed by atoms with Crippen molar-refractivity contribution in [1.29, 1.82) is 0 Å². The number of H-pyrrole nitrogens is 2. The molecule has 7 rings (SSSR count).